The quantitative estimate of drug-likeness (QED) is 0.318. The molecule has 7 heteroatoms. The van der Waals surface area contributed by atoms with Crippen LogP contribution >= 0.6 is 23.2 Å². The average molecular weight is 370 g/mol. The molecule has 0 heterocycles. The van der Waals surface area contributed by atoms with E-state index in [0.717, 1.165) is 0 Å². The van der Waals surface area contributed by atoms with Crippen molar-refractivity contribution < 1.29 is 19.4 Å². The van der Waals surface area contributed by atoms with Crippen molar-refractivity contribution in [1.29, 1.82) is 0 Å². The zero-order valence-corrected chi connectivity index (χ0v) is 14.5. The van der Waals surface area contributed by atoms with Crippen molar-refractivity contribution in [3.05, 3.63) is 52.0 Å². The molecule has 0 aliphatic rings. The fourth-order valence-electron chi connectivity index (χ4n) is 1.99. The fraction of sp³-hybridized carbons (Fsp3) is 0.235. The number of nitrogens with zero attached hydrogens (tertiary/aromatic N) is 1. The molecule has 2 rings (SSSR count). The van der Waals surface area contributed by atoms with Gasteiger partial charge in [0.05, 0.1) is 22.9 Å². The second-order valence-corrected chi connectivity index (χ2v) is 5.45. The number of rotatable bonds is 8. The Morgan fingerprint density at radius 1 is 1.00 bits per heavy atom. The van der Waals surface area contributed by atoms with E-state index in [2.05, 4.69) is 5.16 Å². The van der Waals surface area contributed by atoms with E-state index in [1.807, 2.05) is 19.1 Å². The first kappa shape index (κ1) is 18.2. The van der Waals surface area contributed by atoms with Crippen LogP contribution in [0.3, 0.4) is 0 Å². The van der Waals surface area contributed by atoms with Crippen molar-refractivity contribution in [3.63, 3.8) is 0 Å². The number of ether oxygens (including phenoxy) is 3. The first-order valence-electron chi connectivity index (χ1n) is 7.29. The van der Waals surface area contributed by atoms with E-state index in [1.165, 1.54) is 6.21 Å². The van der Waals surface area contributed by atoms with E-state index in [-0.39, 0.29) is 6.61 Å². The molecule has 24 heavy (non-hydrogen) atoms. The molecule has 2 aromatic carbocycles. The lowest BCUT2D eigenvalue weighted by Crippen LogP contribution is -2.10. The van der Waals surface area contributed by atoms with Crippen LogP contribution in [0.4, 0.5) is 0 Å². The predicted octanol–water partition coefficient (Wildman–Crippen LogP) is 4.66. The van der Waals surface area contributed by atoms with Gasteiger partial charge >= 0.3 is 0 Å². The summed E-state index contributed by atoms with van der Waals surface area (Å²) in [7, 11) is 0. The Hall–Kier alpha value is -2.11. The third-order valence-corrected chi connectivity index (χ3v) is 3.56. The average Bonchev–Trinajstić information content (AvgIpc) is 2.55. The van der Waals surface area contributed by atoms with Gasteiger partial charge in [-0.3, -0.25) is 0 Å². The number of para-hydroxylation sites is 1. The number of hydrogen-bond donors (Lipinski definition) is 1. The van der Waals surface area contributed by atoms with Gasteiger partial charge in [-0.1, -0.05) is 40.5 Å². The monoisotopic (exact) mass is 369 g/mol. The number of benzene rings is 2. The van der Waals surface area contributed by atoms with E-state index in [9.17, 15) is 0 Å². The van der Waals surface area contributed by atoms with Crippen LogP contribution in [-0.4, -0.2) is 31.2 Å². The van der Waals surface area contributed by atoms with Crippen LogP contribution in [0.1, 0.15) is 12.5 Å². The van der Waals surface area contributed by atoms with Gasteiger partial charge < -0.3 is 19.4 Å². The molecular formula is C17H17Cl2NO4. The van der Waals surface area contributed by atoms with Gasteiger partial charge in [0.2, 0.25) is 0 Å². The summed E-state index contributed by atoms with van der Waals surface area (Å²) in [5.74, 6) is 1.47. The second-order valence-electron chi connectivity index (χ2n) is 4.63. The summed E-state index contributed by atoms with van der Waals surface area (Å²) < 4.78 is 16.8. The van der Waals surface area contributed by atoms with Gasteiger partial charge in [0.15, 0.2) is 11.5 Å². The minimum Gasteiger partial charge on any atom is -0.490 e. The van der Waals surface area contributed by atoms with Crippen molar-refractivity contribution in [2.45, 2.75) is 6.92 Å². The predicted molar refractivity (Wildman–Crippen MR) is 94.4 cm³/mol. The topological polar surface area (TPSA) is 60.3 Å². The van der Waals surface area contributed by atoms with Crippen LogP contribution in [0.25, 0.3) is 0 Å². The number of oxime groups is 1. The van der Waals surface area contributed by atoms with Crippen LogP contribution < -0.4 is 14.2 Å². The van der Waals surface area contributed by atoms with E-state index >= 15 is 0 Å². The number of halogens is 2. The molecule has 0 aliphatic heterocycles. The Morgan fingerprint density at radius 3 is 2.46 bits per heavy atom. The summed E-state index contributed by atoms with van der Waals surface area (Å²) in [5.41, 5.74) is 0.602. The van der Waals surface area contributed by atoms with Gasteiger partial charge in [0.25, 0.3) is 0 Å². The van der Waals surface area contributed by atoms with E-state index in [1.54, 1.807) is 24.3 Å². The molecule has 0 radical (unpaired) electrons. The molecule has 0 unspecified atom stereocenters. The van der Waals surface area contributed by atoms with Gasteiger partial charge in [-0.2, -0.15) is 0 Å². The van der Waals surface area contributed by atoms with Crippen molar-refractivity contribution >= 4 is 29.4 Å². The Bertz CT molecular complexity index is 707. The molecule has 5 nitrogen and oxygen atoms in total. The van der Waals surface area contributed by atoms with Crippen molar-refractivity contribution in [3.8, 4) is 17.2 Å². The van der Waals surface area contributed by atoms with Gasteiger partial charge in [0, 0.05) is 5.56 Å². The van der Waals surface area contributed by atoms with Crippen molar-refractivity contribution in [2.24, 2.45) is 5.16 Å². The third kappa shape index (κ3) is 4.94. The lowest BCUT2D eigenvalue weighted by Gasteiger charge is -2.15. The Labute approximate surface area is 150 Å². The van der Waals surface area contributed by atoms with Crippen LogP contribution in [-0.2, 0) is 0 Å². The summed E-state index contributed by atoms with van der Waals surface area (Å²) in [5, 5.41) is 12.5. The second kappa shape index (κ2) is 9.25. The van der Waals surface area contributed by atoms with Crippen molar-refractivity contribution in [2.75, 3.05) is 19.8 Å². The molecule has 0 atom stereocenters. The first-order chi connectivity index (χ1) is 11.7. The molecule has 1 N–H and O–H groups in total. The molecule has 0 spiro atoms. The maximum absolute atomic E-state index is 8.63. The van der Waals surface area contributed by atoms with E-state index in [4.69, 9.17) is 42.6 Å². The van der Waals surface area contributed by atoms with E-state index < -0.39 is 0 Å². The molecule has 0 bridgehead atoms. The molecule has 2 aromatic rings. The Balaban J connectivity index is 2.02. The molecule has 0 saturated carbocycles. The van der Waals surface area contributed by atoms with Gasteiger partial charge in [0.1, 0.15) is 19.0 Å². The Kier molecular flexibility index (Phi) is 7.03. The summed E-state index contributed by atoms with van der Waals surface area (Å²) >= 11 is 12.2. The summed E-state index contributed by atoms with van der Waals surface area (Å²) in [6.07, 6.45) is 1.26. The highest BCUT2D eigenvalue weighted by Crippen LogP contribution is 2.36. The Morgan fingerprint density at radius 2 is 1.75 bits per heavy atom. The highest BCUT2D eigenvalue weighted by Gasteiger charge is 2.12. The number of hydrogen-bond acceptors (Lipinski definition) is 5. The van der Waals surface area contributed by atoms with Gasteiger partial charge in [-0.15, -0.1) is 0 Å². The van der Waals surface area contributed by atoms with Crippen LogP contribution in [0.15, 0.2) is 41.6 Å². The SMILES string of the molecule is CCOc1cc(C=NO)cc(Cl)c1OCCOc1ccccc1Cl. The molecular weight excluding hydrogens is 353 g/mol. The van der Waals surface area contributed by atoms with Crippen molar-refractivity contribution in [1.82, 2.24) is 0 Å². The highest BCUT2D eigenvalue weighted by atomic mass is 35.5. The van der Waals surface area contributed by atoms with Gasteiger partial charge in [-0.25, -0.2) is 0 Å². The largest absolute Gasteiger partial charge is 0.490 e. The summed E-state index contributed by atoms with van der Waals surface area (Å²) in [6, 6.07) is 10.5. The fourth-order valence-corrected chi connectivity index (χ4v) is 2.45. The lowest BCUT2D eigenvalue weighted by atomic mass is 10.2. The molecule has 0 fully saturated rings. The van der Waals surface area contributed by atoms with Crippen LogP contribution in [0.2, 0.25) is 10.0 Å². The van der Waals surface area contributed by atoms with Gasteiger partial charge in [-0.05, 0) is 31.2 Å². The third-order valence-electron chi connectivity index (χ3n) is 2.96. The lowest BCUT2D eigenvalue weighted by molar-refractivity contribution is 0.208. The summed E-state index contributed by atoms with van der Waals surface area (Å²) in [4.78, 5) is 0. The normalized spacial score (nSPS) is 10.8. The van der Waals surface area contributed by atoms with Crippen LogP contribution in [0, 0.1) is 0 Å². The minimum absolute atomic E-state index is 0.262. The maximum Gasteiger partial charge on any atom is 0.179 e. The molecule has 128 valence electrons. The first-order valence-corrected chi connectivity index (χ1v) is 8.05. The smallest absolute Gasteiger partial charge is 0.179 e. The highest BCUT2D eigenvalue weighted by molar-refractivity contribution is 6.32. The van der Waals surface area contributed by atoms with Crippen LogP contribution in [0.5, 0.6) is 17.2 Å². The molecule has 0 amide bonds. The van der Waals surface area contributed by atoms with E-state index in [0.29, 0.717) is 46.1 Å². The zero-order chi connectivity index (χ0) is 17.4. The maximum atomic E-state index is 8.63. The molecule has 0 aliphatic carbocycles. The summed E-state index contributed by atoms with van der Waals surface area (Å²) in [6.45, 7) is 2.86. The molecule has 0 saturated heterocycles. The standard InChI is InChI=1S/C17H17Cl2NO4/c1-2-22-16-10-12(11-20-21)9-14(19)17(16)24-8-7-23-15-6-4-3-5-13(15)18/h3-6,9-11,21H,2,7-8H2,1H3. The molecule has 0 aromatic heterocycles. The minimum atomic E-state index is 0.262. The zero-order valence-electron chi connectivity index (χ0n) is 13.0.